The molecule has 0 aromatic carbocycles. The van der Waals surface area contributed by atoms with Gasteiger partial charge in [-0.1, -0.05) is 30.6 Å². The maximum Gasteiger partial charge on any atom is 0.310 e. The number of thiophene rings is 1. The fourth-order valence-electron chi connectivity index (χ4n) is 3.65. The summed E-state index contributed by atoms with van der Waals surface area (Å²) in [5.41, 5.74) is 0.959. The highest BCUT2D eigenvalue weighted by molar-refractivity contribution is 7.20. The first-order valence-corrected chi connectivity index (χ1v) is 10.9. The summed E-state index contributed by atoms with van der Waals surface area (Å²) in [6, 6.07) is 2.34. The first-order valence-electron chi connectivity index (χ1n) is 9.18. The van der Waals surface area contributed by atoms with Gasteiger partial charge in [0.2, 0.25) is 5.88 Å². The first kappa shape index (κ1) is 18.2. The molecule has 4 rings (SSSR count). The molecule has 3 aromatic rings. The lowest BCUT2D eigenvalue weighted by atomic mass is 9.96. The van der Waals surface area contributed by atoms with E-state index in [1.54, 1.807) is 0 Å². The highest BCUT2D eigenvalue weighted by atomic mass is 32.1. The molecule has 0 unspecified atom stereocenters. The molecule has 0 spiro atoms. The van der Waals surface area contributed by atoms with E-state index in [1.807, 2.05) is 13.0 Å². The van der Waals surface area contributed by atoms with Gasteiger partial charge in [0, 0.05) is 18.5 Å². The lowest BCUT2D eigenvalue weighted by Crippen LogP contribution is -2.28. The Morgan fingerprint density at radius 1 is 1.37 bits per heavy atom. The molecule has 9 heteroatoms. The minimum Gasteiger partial charge on any atom is -0.494 e. The molecule has 1 saturated carbocycles. The van der Waals surface area contributed by atoms with Crippen LogP contribution in [0.3, 0.4) is 0 Å². The number of fused-ring (bicyclic) bond motifs is 1. The zero-order valence-corrected chi connectivity index (χ0v) is 16.7. The van der Waals surface area contributed by atoms with Crippen molar-refractivity contribution in [3.8, 4) is 5.88 Å². The molecular weight excluding hydrogens is 384 g/mol. The van der Waals surface area contributed by atoms with Crippen LogP contribution in [-0.2, 0) is 6.54 Å². The van der Waals surface area contributed by atoms with Crippen molar-refractivity contribution >= 4 is 38.8 Å². The summed E-state index contributed by atoms with van der Waals surface area (Å²) in [4.78, 5) is 25.6. The lowest BCUT2D eigenvalue weighted by Gasteiger charge is -2.22. The summed E-state index contributed by atoms with van der Waals surface area (Å²) in [5.74, 6) is -0.224. The molecule has 0 aliphatic heterocycles. The molecule has 0 radical (unpaired) electrons. The van der Waals surface area contributed by atoms with Crippen LogP contribution in [0, 0.1) is 6.92 Å². The Hall–Kier alpha value is -2.13. The minimum atomic E-state index is -0.230. The zero-order valence-electron chi connectivity index (χ0n) is 15.1. The quantitative estimate of drug-likeness (QED) is 0.681. The summed E-state index contributed by atoms with van der Waals surface area (Å²) >= 11 is 2.42. The molecule has 144 valence electrons. The number of carbonyl (C=O) groups excluding carboxylic acids is 1. The number of aromatic nitrogens is 3. The highest BCUT2D eigenvalue weighted by Crippen LogP contribution is 2.35. The third-order valence-corrected chi connectivity index (χ3v) is 6.97. The van der Waals surface area contributed by atoms with Gasteiger partial charge in [0.15, 0.2) is 0 Å². The number of amides is 1. The van der Waals surface area contributed by atoms with Crippen LogP contribution in [0.15, 0.2) is 16.2 Å². The number of thiazole rings is 1. The number of rotatable bonds is 5. The minimum absolute atomic E-state index is 0.0655. The van der Waals surface area contributed by atoms with Crippen molar-refractivity contribution < 1.29 is 9.90 Å². The molecule has 0 atom stereocenters. The van der Waals surface area contributed by atoms with Gasteiger partial charge in [0.25, 0.3) is 5.91 Å². The van der Waals surface area contributed by atoms with Gasteiger partial charge in [0.1, 0.15) is 4.83 Å². The van der Waals surface area contributed by atoms with Crippen LogP contribution in [0.1, 0.15) is 53.5 Å². The Morgan fingerprint density at radius 2 is 2.15 bits per heavy atom. The Labute approximate surface area is 164 Å². The summed E-state index contributed by atoms with van der Waals surface area (Å²) < 4.78 is 3.37. The molecule has 1 amide bonds. The second-order valence-corrected chi connectivity index (χ2v) is 8.77. The third kappa shape index (κ3) is 3.53. The third-order valence-electron chi connectivity index (χ3n) is 5.10. The standard InChI is InChI=1S/C18H22N4O3S2/c1-11-13-9-14(16(24)19-7-8-21-15(23)10-26-18(21)25)27-17(13)22(20-11)12-5-3-2-4-6-12/h9-10,12,23H,2-8H2,1H3,(H,19,24). The van der Waals surface area contributed by atoms with Gasteiger partial charge in [-0.05, 0) is 25.8 Å². The van der Waals surface area contributed by atoms with Gasteiger partial charge in [-0.25, -0.2) is 0 Å². The van der Waals surface area contributed by atoms with Crippen LogP contribution >= 0.6 is 22.7 Å². The number of nitrogens with zero attached hydrogens (tertiary/aromatic N) is 3. The van der Waals surface area contributed by atoms with Crippen molar-refractivity contribution in [2.75, 3.05) is 6.54 Å². The average molecular weight is 407 g/mol. The normalized spacial score (nSPS) is 15.4. The summed E-state index contributed by atoms with van der Waals surface area (Å²) in [6.07, 6.45) is 6.06. The van der Waals surface area contributed by atoms with Gasteiger partial charge >= 0.3 is 4.87 Å². The zero-order chi connectivity index (χ0) is 19.0. The largest absolute Gasteiger partial charge is 0.494 e. The van der Waals surface area contributed by atoms with E-state index in [-0.39, 0.29) is 29.7 Å². The number of nitrogens with one attached hydrogen (secondary N) is 1. The summed E-state index contributed by atoms with van der Waals surface area (Å²) in [5, 5.41) is 19.6. The fraction of sp³-hybridized carbons (Fsp3) is 0.500. The number of hydrogen-bond donors (Lipinski definition) is 2. The van der Waals surface area contributed by atoms with E-state index in [9.17, 15) is 14.7 Å². The molecule has 3 aromatic heterocycles. The number of hydrogen-bond acceptors (Lipinski definition) is 6. The average Bonchev–Trinajstić information content (AvgIpc) is 3.33. The van der Waals surface area contributed by atoms with Gasteiger partial charge in [-0.15, -0.1) is 11.3 Å². The molecule has 0 bridgehead atoms. The van der Waals surface area contributed by atoms with E-state index in [0.717, 1.165) is 40.1 Å². The van der Waals surface area contributed by atoms with Crippen LogP contribution in [0.25, 0.3) is 10.2 Å². The second kappa shape index (κ2) is 7.47. The van der Waals surface area contributed by atoms with E-state index < -0.39 is 0 Å². The van der Waals surface area contributed by atoms with Crippen LogP contribution in [0.5, 0.6) is 5.88 Å². The highest BCUT2D eigenvalue weighted by Gasteiger charge is 2.22. The Morgan fingerprint density at radius 3 is 2.85 bits per heavy atom. The van der Waals surface area contributed by atoms with Gasteiger partial charge < -0.3 is 10.4 Å². The van der Waals surface area contributed by atoms with E-state index in [1.165, 1.54) is 40.5 Å². The summed E-state index contributed by atoms with van der Waals surface area (Å²) in [7, 11) is 0. The van der Waals surface area contributed by atoms with Crippen molar-refractivity contribution in [2.45, 2.75) is 51.6 Å². The predicted molar refractivity (Wildman–Crippen MR) is 107 cm³/mol. The van der Waals surface area contributed by atoms with E-state index >= 15 is 0 Å². The molecule has 3 heterocycles. The monoisotopic (exact) mass is 406 g/mol. The molecule has 1 fully saturated rings. The molecule has 1 aliphatic carbocycles. The second-order valence-electron chi connectivity index (χ2n) is 6.92. The fourth-order valence-corrected chi connectivity index (χ4v) is 5.45. The predicted octanol–water partition coefficient (Wildman–Crippen LogP) is 3.27. The topological polar surface area (TPSA) is 89.2 Å². The van der Waals surface area contributed by atoms with Crippen molar-refractivity contribution in [1.29, 1.82) is 0 Å². The maximum absolute atomic E-state index is 12.5. The van der Waals surface area contributed by atoms with Crippen LogP contribution in [-0.4, -0.2) is 31.9 Å². The number of carbonyl (C=O) groups is 1. The maximum atomic E-state index is 12.5. The van der Waals surface area contributed by atoms with Crippen molar-refractivity contribution in [2.24, 2.45) is 0 Å². The smallest absolute Gasteiger partial charge is 0.310 e. The Balaban J connectivity index is 1.48. The molecule has 0 saturated heterocycles. The first-order chi connectivity index (χ1) is 13.0. The molecular formula is C18H22N4O3S2. The van der Waals surface area contributed by atoms with Crippen LogP contribution in [0.2, 0.25) is 0 Å². The molecule has 27 heavy (non-hydrogen) atoms. The van der Waals surface area contributed by atoms with Gasteiger partial charge in [-0.2, -0.15) is 5.10 Å². The number of aromatic hydroxyl groups is 1. The Bertz CT molecular complexity index is 1020. The Kier molecular flexibility index (Phi) is 5.05. The SMILES string of the molecule is Cc1nn(C2CCCCC2)c2sc(C(=O)NCCn3c(O)csc3=O)cc12. The van der Waals surface area contributed by atoms with E-state index in [4.69, 9.17) is 5.10 Å². The molecule has 2 N–H and O–H groups in total. The molecule has 7 nitrogen and oxygen atoms in total. The lowest BCUT2D eigenvalue weighted by molar-refractivity contribution is 0.0956. The van der Waals surface area contributed by atoms with E-state index in [2.05, 4.69) is 10.00 Å². The van der Waals surface area contributed by atoms with Crippen LogP contribution < -0.4 is 10.2 Å². The van der Waals surface area contributed by atoms with Gasteiger partial charge in [-0.3, -0.25) is 18.8 Å². The van der Waals surface area contributed by atoms with Crippen molar-refractivity contribution in [1.82, 2.24) is 19.7 Å². The summed E-state index contributed by atoms with van der Waals surface area (Å²) in [6.45, 7) is 2.52. The molecule has 1 aliphatic rings. The van der Waals surface area contributed by atoms with Crippen molar-refractivity contribution in [3.63, 3.8) is 0 Å². The van der Waals surface area contributed by atoms with Crippen molar-refractivity contribution in [3.05, 3.63) is 31.7 Å². The van der Waals surface area contributed by atoms with E-state index in [0.29, 0.717) is 10.9 Å². The number of aryl methyl sites for hydroxylation is 1. The van der Waals surface area contributed by atoms with Crippen LogP contribution in [0.4, 0.5) is 0 Å². The van der Waals surface area contributed by atoms with Gasteiger partial charge in [0.05, 0.1) is 22.0 Å².